The van der Waals surface area contributed by atoms with E-state index in [0.717, 1.165) is 6.07 Å². The van der Waals surface area contributed by atoms with Crippen molar-refractivity contribution in [2.45, 2.75) is 19.4 Å². The van der Waals surface area contributed by atoms with E-state index >= 15 is 0 Å². The zero-order chi connectivity index (χ0) is 14.8. The minimum Gasteiger partial charge on any atom is -0.334 e. The summed E-state index contributed by atoms with van der Waals surface area (Å²) in [6, 6.07) is 4.10. The van der Waals surface area contributed by atoms with Crippen molar-refractivity contribution in [3.05, 3.63) is 37.9 Å². The molecule has 0 aromatic heterocycles. The average molecular weight is 302 g/mol. The molecule has 0 saturated heterocycles. The highest BCUT2D eigenvalue weighted by Gasteiger charge is 2.24. The second-order valence-corrected chi connectivity index (χ2v) is 5.02. The van der Waals surface area contributed by atoms with Crippen LogP contribution in [-0.4, -0.2) is 16.4 Å². The van der Waals surface area contributed by atoms with Crippen LogP contribution in [-0.2, 0) is 0 Å². The highest BCUT2D eigenvalue weighted by atomic mass is 35.5. The van der Waals surface area contributed by atoms with Gasteiger partial charge in [-0.05, 0) is 19.9 Å². The van der Waals surface area contributed by atoms with Crippen molar-refractivity contribution in [2.24, 2.45) is 0 Å². The number of carbonyl (C=O) groups excluding carboxylic acids is 1. The van der Waals surface area contributed by atoms with Gasteiger partial charge in [-0.1, -0.05) is 23.2 Å². The van der Waals surface area contributed by atoms with Gasteiger partial charge in [-0.2, -0.15) is 5.26 Å². The smallest absolute Gasteiger partial charge is 0.290 e. The minimum absolute atomic E-state index is 0.0376. The fourth-order valence-corrected chi connectivity index (χ4v) is 1.61. The molecule has 0 unspecified atom stereocenters. The Kier molecular flexibility index (Phi) is 4.35. The number of rotatable bonds is 3. The lowest BCUT2D eigenvalue weighted by atomic mass is 10.1. The van der Waals surface area contributed by atoms with Crippen molar-refractivity contribution in [1.82, 2.24) is 5.32 Å². The molecule has 1 amide bonds. The van der Waals surface area contributed by atoms with E-state index in [4.69, 9.17) is 28.5 Å². The number of nitrogens with zero attached hydrogens (tertiary/aromatic N) is 2. The van der Waals surface area contributed by atoms with Crippen LogP contribution in [0, 0.1) is 21.4 Å². The Morgan fingerprint density at radius 2 is 2.05 bits per heavy atom. The number of hydrogen-bond acceptors (Lipinski definition) is 4. The second kappa shape index (κ2) is 5.43. The van der Waals surface area contributed by atoms with Crippen molar-refractivity contribution >= 4 is 34.8 Å². The molecule has 0 spiro atoms. The van der Waals surface area contributed by atoms with Gasteiger partial charge in [0.1, 0.15) is 10.6 Å². The number of nitrogens with one attached hydrogen (secondary N) is 1. The Morgan fingerprint density at radius 1 is 1.47 bits per heavy atom. The van der Waals surface area contributed by atoms with Gasteiger partial charge in [-0.15, -0.1) is 0 Å². The lowest BCUT2D eigenvalue weighted by Gasteiger charge is -2.17. The minimum atomic E-state index is -1.10. The van der Waals surface area contributed by atoms with Gasteiger partial charge in [0.15, 0.2) is 0 Å². The first-order valence-corrected chi connectivity index (χ1v) is 5.81. The maximum absolute atomic E-state index is 11.9. The van der Waals surface area contributed by atoms with Crippen molar-refractivity contribution in [1.29, 1.82) is 5.26 Å². The number of benzene rings is 1. The van der Waals surface area contributed by atoms with Gasteiger partial charge < -0.3 is 5.32 Å². The number of nitriles is 1. The summed E-state index contributed by atoms with van der Waals surface area (Å²) in [5, 5.41) is 21.7. The van der Waals surface area contributed by atoms with E-state index in [0.29, 0.717) is 0 Å². The van der Waals surface area contributed by atoms with Crippen LogP contribution in [0.4, 0.5) is 5.69 Å². The van der Waals surface area contributed by atoms with Crippen LogP contribution in [0.15, 0.2) is 12.1 Å². The van der Waals surface area contributed by atoms with Crippen LogP contribution >= 0.6 is 23.2 Å². The zero-order valence-electron chi connectivity index (χ0n) is 10.0. The van der Waals surface area contributed by atoms with Gasteiger partial charge in [-0.3, -0.25) is 14.9 Å². The largest absolute Gasteiger partial charge is 0.334 e. The summed E-state index contributed by atoms with van der Waals surface area (Å²) in [5.41, 5.74) is -1.60. The summed E-state index contributed by atoms with van der Waals surface area (Å²) in [6.07, 6.45) is 0. The molecule has 0 radical (unpaired) electrons. The standard InChI is InChI=1S/C11H9Cl2N3O3/c1-11(2,5-14)15-10(17)6-3-7(12)9(13)8(4-6)16(18)19/h3-4H,1-2H3,(H,15,17). The zero-order valence-corrected chi connectivity index (χ0v) is 11.5. The maximum Gasteiger partial charge on any atom is 0.290 e. The molecule has 0 aliphatic rings. The average Bonchev–Trinajstić information content (AvgIpc) is 2.31. The molecule has 0 aliphatic carbocycles. The maximum atomic E-state index is 11.9. The molecular formula is C11H9Cl2N3O3. The van der Waals surface area contributed by atoms with Gasteiger partial charge in [0.25, 0.3) is 11.6 Å². The van der Waals surface area contributed by atoms with Crippen LogP contribution in [0.2, 0.25) is 10.0 Å². The van der Waals surface area contributed by atoms with E-state index in [2.05, 4.69) is 5.32 Å². The Hall–Kier alpha value is -1.84. The molecule has 0 heterocycles. The molecule has 19 heavy (non-hydrogen) atoms. The highest BCUT2D eigenvalue weighted by molar-refractivity contribution is 6.43. The SMILES string of the molecule is CC(C)(C#N)NC(=O)c1cc(Cl)c(Cl)c([N+](=O)[O-])c1. The molecule has 1 aromatic rings. The summed E-state index contributed by atoms with van der Waals surface area (Å²) in [4.78, 5) is 21.9. The van der Waals surface area contributed by atoms with E-state index in [1.165, 1.54) is 19.9 Å². The third-order valence-corrected chi connectivity index (χ3v) is 2.97. The molecule has 0 aliphatic heterocycles. The predicted molar refractivity (Wildman–Crippen MR) is 70.3 cm³/mol. The lowest BCUT2D eigenvalue weighted by Crippen LogP contribution is -2.42. The quantitative estimate of drug-likeness (QED) is 0.685. The molecule has 0 fully saturated rings. The summed E-state index contributed by atoms with van der Waals surface area (Å²) in [5.74, 6) is -0.645. The number of halogens is 2. The van der Waals surface area contributed by atoms with Crippen molar-refractivity contribution in [3.8, 4) is 6.07 Å². The third-order valence-electron chi connectivity index (χ3n) is 2.17. The number of hydrogen-bond donors (Lipinski definition) is 1. The number of nitro benzene ring substituents is 1. The van der Waals surface area contributed by atoms with Crippen molar-refractivity contribution in [3.63, 3.8) is 0 Å². The van der Waals surface area contributed by atoms with E-state index < -0.39 is 22.1 Å². The molecule has 8 heteroatoms. The fraction of sp³-hybridized carbons (Fsp3) is 0.273. The lowest BCUT2D eigenvalue weighted by molar-refractivity contribution is -0.384. The van der Waals surface area contributed by atoms with E-state index in [-0.39, 0.29) is 15.6 Å². The molecule has 1 N–H and O–H groups in total. The van der Waals surface area contributed by atoms with E-state index in [9.17, 15) is 14.9 Å². The van der Waals surface area contributed by atoms with Gasteiger partial charge in [0, 0.05) is 11.6 Å². The van der Waals surface area contributed by atoms with Gasteiger partial charge >= 0.3 is 0 Å². The second-order valence-electron chi connectivity index (χ2n) is 4.24. The Bertz CT molecular complexity index is 594. The Labute approximate surface area is 119 Å². The summed E-state index contributed by atoms with van der Waals surface area (Å²) >= 11 is 11.4. The molecule has 6 nitrogen and oxygen atoms in total. The first-order chi connectivity index (χ1) is 8.68. The topological polar surface area (TPSA) is 96.0 Å². The Morgan fingerprint density at radius 3 is 2.53 bits per heavy atom. The van der Waals surface area contributed by atoms with Crippen molar-refractivity contribution in [2.75, 3.05) is 0 Å². The molecule has 1 rings (SSSR count). The van der Waals surface area contributed by atoms with Crippen LogP contribution in [0.25, 0.3) is 0 Å². The Balaban J connectivity index is 3.20. The summed E-state index contributed by atoms with van der Waals surface area (Å²) in [7, 11) is 0. The number of carbonyl (C=O) groups is 1. The molecule has 0 saturated carbocycles. The van der Waals surface area contributed by atoms with E-state index in [1.54, 1.807) is 0 Å². The fourth-order valence-electron chi connectivity index (χ4n) is 1.22. The van der Waals surface area contributed by atoms with Gasteiger partial charge in [0.05, 0.1) is 16.0 Å². The van der Waals surface area contributed by atoms with Crippen molar-refractivity contribution < 1.29 is 9.72 Å². The van der Waals surface area contributed by atoms with Crippen LogP contribution in [0.5, 0.6) is 0 Å². The normalized spacial score (nSPS) is 10.7. The number of nitro groups is 1. The van der Waals surface area contributed by atoms with E-state index in [1.807, 2.05) is 6.07 Å². The van der Waals surface area contributed by atoms with Crippen LogP contribution in [0.3, 0.4) is 0 Å². The monoisotopic (exact) mass is 301 g/mol. The predicted octanol–water partition coefficient (Wildman–Crippen LogP) is 2.93. The number of amides is 1. The molecule has 0 bridgehead atoms. The summed E-state index contributed by atoms with van der Waals surface area (Å²) < 4.78 is 0. The molecular weight excluding hydrogens is 293 g/mol. The van der Waals surface area contributed by atoms with Gasteiger partial charge in [-0.25, -0.2) is 0 Å². The highest BCUT2D eigenvalue weighted by Crippen LogP contribution is 2.33. The molecule has 100 valence electrons. The van der Waals surface area contributed by atoms with Crippen LogP contribution < -0.4 is 5.32 Å². The third kappa shape index (κ3) is 3.56. The molecule has 1 aromatic carbocycles. The first-order valence-electron chi connectivity index (χ1n) is 5.05. The van der Waals surface area contributed by atoms with Gasteiger partial charge in [0.2, 0.25) is 0 Å². The van der Waals surface area contributed by atoms with Crippen LogP contribution in [0.1, 0.15) is 24.2 Å². The molecule has 0 atom stereocenters. The summed E-state index contributed by atoms with van der Waals surface area (Å²) in [6.45, 7) is 2.99. The first kappa shape index (κ1) is 15.2.